The summed E-state index contributed by atoms with van der Waals surface area (Å²) in [6, 6.07) is 0. The van der Waals surface area contributed by atoms with Gasteiger partial charge >= 0.3 is 0 Å². The van der Waals surface area contributed by atoms with Gasteiger partial charge < -0.3 is 14.2 Å². The number of aromatic nitrogens is 2. The highest BCUT2D eigenvalue weighted by Crippen LogP contribution is 2.25. The Balaban J connectivity index is 1.30. The van der Waals surface area contributed by atoms with Crippen LogP contribution in [0.25, 0.3) is 0 Å². The molecule has 0 saturated carbocycles. The van der Waals surface area contributed by atoms with Gasteiger partial charge in [-0.3, -0.25) is 0 Å². The maximum Gasteiger partial charge on any atom is 0.157 e. The van der Waals surface area contributed by atoms with E-state index in [9.17, 15) is 0 Å². The van der Waals surface area contributed by atoms with Gasteiger partial charge in [0.25, 0.3) is 0 Å². The van der Waals surface area contributed by atoms with Gasteiger partial charge in [-0.05, 0) is 50.5 Å². The molecule has 0 bridgehead atoms. The molecule has 2 saturated heterocycles. The number of aryl methyl sites for hydroxylation is 2. The first-order chi connectivity index (χ1) is 11.7. The Labute approximate surface area is 145 Å². The Hall–Kier alpha value is -1.04. The first-order valence-corrected chi connectivity index (χ1v) is 9.31. The van der Waals surface area contributed by atoms with Crippen LogP contribution in [-0.4, -0.2) is 42.2 Å². The quantitative estimate of drug-likeness (QED) is 0.799. The summed E-state index contributed by atoms with van der Waals surface area (Å²) in [6.45, 7) is 6.70. The molecule has 2 aliphatic rings. The Morgan fingerprint density at radius 1 is 0.958 bits per heavy atom. The van der Waals surface area contributed by atoms with Gasteiger partial charge in [-0.25, -0.2) is 9.97 Å². The molecule has 0 radical (unpaired) electrons. The third-order valence-corrected chi connectivity index (χ3v) is 5.03. The minimum Gasteiger partial charge on any atom is -0.378 e. The molecule has 0 amide bonds. The van der Waals surface area contributed by atoms with E-state index in [-0.39, 0.29) is 6.29 Å². The van der Waals surface area contributed by atoms with Crippen molar-refractivity contribution >= 4 is 0 Å². The van der Waals surface area contributed by atoms with Crippen molar-refractivity contribution in [3.05, 3.63) is 23.8 Å². The van der Waals surface area contributed by atoms with E-state index in [2.05, 4.69) is 16.9 Å². The minimum absolute atomic E-state index is 0.0886. The smallest absolute Gasteiger partial charge is 0.157 e. The van der Waals surface area contributed by atoms with Crippen molar-refractivity contribution in [1.82, 2.24) is 9.97 Å². The maximum atomic E-state index is 5.90. The Bertz CT molecular complexity index is 478. The van der Waals surface area contributed by atoms with Gasteiger partial charge in [0.2, 0.25) is 0 Å². The average Bonchev–Trinajstić information content (AvgIpc) is 2.62. The summed E-state index contributed by atoms with van der Waals surface area (Å²) in [6.07, 6.45) is 10.7. The minimum atomic E-state index is -0.0886. The van der Waals surface area contributed by atoms with E-state index >= 15 is 0 Å². The van der Waals surface area contributed by atoms with Crippen molar-refractivity contribution in [2.75, 3.05) is 19.8 Å². The second kappa shape index (κ2) is 8.88. The number of nitrogens with zero attached hydrogens (tertiary/aromatic N) is 2. The summed E-state index contributed by atoms with van der Waals surface area (Å²) in [7, 11) is 0. The SMILES string of the molecule is Cc1ncc(CCC2OCC(CCC3CCC(C)CO3)CO2)cn1. The molecule has 2 unspecified atom stereocenters. The molecule has 0 aromatic carbocycles. The highest BCUT2D eigenvalue weighted by molar-refractivity contribution is 5.04. The molecule has 0 aliphatic carbocycles. The number of ether oxygens (including phenoxy) is 3. The van der Waals surface area contributed by atoms with Gasteiger partial charge in [-0.15, -0.1) is 0 Å². The maximum absolute atomic E-state index is 5.90. The monoisotopic (exact) mass is 334 g/mol. The van der Waals surface area contributed by atoms with Crippen LogP contribution >= 0.6 is 0 Å². The van der Waals surface area contributed by atoms with E-state index in [0.717, 1.165) is 62.8 Å². The Morgan fingerprint density at radius 3 is 2.38 bits per heavy atom. The van der Waals surface area contributed by atoms with Crippen molar-refractivity contribution in [2.24, 2.45) is 11.8 Å². The molecule has 134 valence electrons. The van der Waals surface area contributed by atoms with Gasteiger partial charge in [0, 0.05) is 31.3 Å². The van der Waals surface area contributed by atoms with Crippen LogP contribution in [0.5, 0.6) is 0 Å². The Morgan fingerprint density at radius 2 is 1.71 bits per heavy atom. The zero-order valence-corrected chi connectivity index (χ0v) is 14.9. The van der Waals surface area contributed by atoms with Crippen LogP contribution in [0.2, 0.25) is 0 Å². The Kier molecular flexibility index (Phi) is 6.58. The van der Waals surface area contributed by atoms with Gasteiger partial charge in [-0.1, -0.05) is 6.92 Å². The van der Waals surface area contributed by atoms with Crippen molar-refractivity contribution in [3.8, 4) is 0 Å². The molecule has 3 rings (SSSR count). The lowest BCUT2D eigenvalue weighted by atomic mass is 9.94. The van der Waals surface area contributed by atoms with Crippen molar-refractivity contribution in [1.29, 1.82) is 0 Å². The van der Waals surface area contributed by atoms with Gasteiger partial charge in [0.1, 0.15) is 5.82 Å². The lowest BCUT2D eigenvalue weighted by Crippen LogP contribution is -2.33. The van der Waals surface area contributed by atoms with E-state index in [1.165, 1.54) is 12.8 Å². The fourth-order valence-corrected chi connectivity index (χ4v) is 3.34. The lowest BCUT2D eigenvalue weighted by molar-refractivity contribution is -0.204. The van der Waals surface area contributed by atoms with Crippen LogP contribution in [-0.2, 0) is 20.6 Å². The normalized spacial score (nSPS) is 31.1. The van der Waals surface area contributed by atoms with Crippen LogP contribution in [0, 0.1) is 18.8 Å². The van der Waals surface area contributed by atoms with Crippen LogP contribution in [0.3, 0.4) is 0 Å². The molecule has 2 aliphatic heterocycles. The number of rotatable bonds is 6. The predicted octanol–water partition coefficient (Wildman–Crippen LogP) is 3.30. The molecule has 5 nitrogen and oxygen atoms in total. The van der Waals surface area contributed by atoms with Crippen LogP contribution < -0.4 is 0 Å². The van der Waals surface area contributed by atoms with E-state index in [4.69, 9.17) is 14.2 Å². The van der Waals surface area contributed by atoms with E-state index in [1.54, 1.807) is 0 Å². The largest absolute Gasteiger partial charge is 0.378 e. The van der Waals surface area contributed by atoms with Crippen LogP contribution in [0.4, 0.5) is 0 Å². The highest BCUT2D eigenvalue weighted by Gasteiger charge is 2.24. The summed E-state index contributed by atoms with van der Waals surface area (Å²) in [4.78, 5) is 8.45. The van der Waals surface area contributed by atoms with Gasteiger partial charge in [-0.2, -0.15) is 0 Å². The second-order valence-electron chi connectivity index (χ2n) is 7.35. The first-order valence-electron chi connectivity index (χ1n) is 9.31. The molecule has 2 atom stereocenters. The molecule has 2 fully saturated rings. The van der Waals surface area contributed by atoms with E-state index < -0.39 is 0 Å². The van der Waals surface area contributed by atoms with Crippen molar-refractivity contribution in [2.45, 2.75) is 64.8 Å². The molecule has 3 heterocycles. The molecule has 0 spiro atoms. The first kappa shape index (κ1) is 17.8. The van der Waals surface area contributed by atoms with E-state index in [0.29, 0.717) is 12.0 Å². The van der Waals surface area contributed by atoms with Crippen molar-refractivity contribution in [3.63, 3.8) is 0 Å². The molecule has 1 aromatic rings. The van der Waals surface area contributed by atoms with Crippen LogP contribution in [0.1, 0.15) is 50.4 Å². The summed E-state index contributed by atoms with van der Waals surface area (Å²) in [5, 5.41) is 0. The molecule has 1 aromatic heterocycles. The van der Waals surface area contributed by atoms with Crippen LogP contribution in [0.15, 0.2) is 12.4 Å². The zero-order chi connectivity index (χ0) is 16.8. The van der Waals surface area contributed by atoms with Gasteiger partial charge in [0.05, 0.1) is 19.3 Å². The topological polar surface area (TPSA) is 53.5 Å². The molecular weight excluding hydrogens is 304 g/mol. The second-order valence-corrected chi connectivity index (χ2v) is 7.35. The molecular formula is C19H30N2O3. The summed E-state index contributed by atoms with van der Waals surface area (Å²) < 4.78 is 17.7. The summed E-state index contributed by atoms with van der Waals surface area (Å²) in [5.41, 5.74) is 1.14. The van der Waals surface area contributed by atoms with Crippen molar-refractivity contribution < 1.29 is 14.2 Å². The van der Waals surface area contributed by atoms with Gasteiger partial charge in [0.15, 0.2) is 6.29 Å². The third-order valence-electron chi connectivity index (χ3n) is 5.03. The molecule has 24 heavy (non-hydrogen) atoms. The third kappa shape index (κ3) is 5.50. The molecule has 5 heteroatoms. The standard InChI is InChI=1S/C19H30N2O3/c1-14-3-6-18(22-11-14)7-4-17-12-23-19(24-13-17)8-5-16-9-20-15(2)21-10-16/h9-10,14,17-19H,3-8,11-13H2,1-2H3. The fraction of sp³-hybridized carbons (Fsp3) is 0.789. The highest BCUT2D eigenvalue weighted by atomic mass is 16.7. The number of hydrogen-bond acceptors (Lipinski definition) is 5. The summed E-state index contributed by atoms with van der Waals surface area (Å²) in [5.74, 6) is 2.04. The predicted molar refractivity (Wildman–Crippen MR) is 91.6 cm³/mol. The summed E-state index contributed by atoms with van der Waals surface area (Å²) >= 11 is 0. The number of hydrogen-bond donors (Lipinski definition) is 0. The fourth-order valence-electron chi connectivity index (χ4n) is 3.34. The van der Waals surface area contributed by atoms with E-state index in [1.807, 2.05) is 19.3 Å². The lowest BCUT2D eigenvalue weighted by Gasteiger charge is -2.31. The average molecular weight is 334 g/mol. The molecule has 0 N–H and O–H groups in total. The zero-order valence-electron chi connectivity index (χ0n) is 14.9.